The molecule has 3 N–H and O–H groups in total. The minimum atomic E-state index is -1.05. The van der Waals surface area contributed by atoms with Gasteiger partial charge in [0.15, 0.2) is 0 Å². The van der Waals surface area contributed by atoms with Crippen LogP contribution in [-0.4, -0.2) is 28.8 Å². The predicted molar refractivity (Wildman–Crippen MR) is 67.8 cm³/mol. The van der Waals surface area contributed by atoms with Crippen molar-refractivity contribution in [3.05, 3.63) is 28.8 Å². The van der Waals surface area contributed by atoms with Crippen LogP contribution in [-0.2, 0) is 0 Å². The SMILES string of the molecule is CC(O)CCCNc1cccc(Cl)c1C(=O)O. The summed E-state index contributed by atoms with van der Waals surface area (Å²) in [6.07, 6.45) is 1.11. The molecule has 1 unspecified atom stereocenters. The first-order valence-electron chi connectivity index (χ1n) is 5.46. The molecule has 1 rings (SSSR count). The maximum Gasteiger partial charge on any atom is 0.339 e. The van der Waals surface area contributed by atoms with Crippen LogP contribution in [0, 0.1) is 0 Å². The topological polar surface area (TPSA) is 69.6 Å². The van der Waals surface area contributed by atoms with Gasteiger partial charge in [-0.05, 0) is 31.9 Å². The van der Waals surface area contributed by atoms with Crippen LogP contribution >= 0.6 is 11.6 Å². The molecule has 0 radical (unpaired) electrons. The highest BCUT2D eigenvalue weighted by molar-refractivity contribution is 6.34. The van der Waals surface area contributed by atoms with Crippen molar-refractivity contribution >= 4 is 23.3 Å². The van der Waals surface area contributed by atoms with E-state index in [-0.39, 0.29) is 16.7 Å². The summed E-state index contributed by atoms with van der Waals surface area (Å²) in [5, 5.41) is 21.4. The van der Waals surface area contributed by atoms with Crippen molar-refractivity contribution in [2.75, 3.05) is 11.9 Å². The molecule has 0 heterocycles. The minimum Gasteiger partial charge on any atom is -0.478 e. The molecule has 0 saturated carbocycles. The van der Waals surface area contributed by atoms with Gasteiger partial charge >= 0.3 is 5.97 Å². The van der Waals surface area contributed by atoms with E-state index in [1.165, 1.54) is 0 Å². The van der Waals surface area contributed by atoms with Gasteiger partial charge in [0.25, 0.3) is 0 Å². The van der Waals surface area contributed by atoms with Crippen molar-refractivity contribution in [3.63, 3.8) is 0 Å². The summed E-state index contributed by atoms with van der Waals surface area (Å²) in [5.74, 6) is -1.05. The van der Waals surface area contributed by atoms with Gasteiger partial charge in [-0.3, -0.25) is 0 Å². The minimum absolute atomic E-state index is 0.0891. The number of hydrogen-bond donors (Lipinski definition) is 3. The maximum atomic E-state index is 11.0. The van der Waals surface area contributed by atoms with Crippen molar-refractivity contribution in [2.24, 2.45) is 0 Å². The van der Waals surface area contributed by atoms with Gasteiger partial charge in [-0.2, -0.15) is 0 Å². The van der Waals surface area contributed by atoms with E-state index in [1.807, 2.05) is 0 Å². The van der Waals surface area contributed by atoms with E-state index in [4.69, 9.17) is 21.8 Å². The average molecular weight is 258 g/mol. The second-order valence-electron chi connectivity index (χ2n) is 3.89. The highest BCUT2D eigenvalue weighted by Gasteiger charge is 2.13. The molecule has 1 atom stereocenters. The molecule has 0 aliphatic carbocycles. The molecule has 1 aromatic carbocycles. The molecular formula is C12H16ClNO3. The molecule has 17 heavy (non-hydrogen) atoms. The standard InChI is InChI=1S/C12H16ClNO3/c1-8(15)4-3-7-14-10-6-2-5-9(13)11(10)12(16)17/h2,5-6,8,14-15H,3-4,7H2,1H3,(H,16,17). The van der Waals surface area contributed by atoms with E-state index < -0.39 is 5.97 Å². The monoisotopic (exact) mass is 257 g/mol. The summed E-state index contributed by atoms with van der Waals surface area (Å²) in [6.45, 7) is 2.33. The third-order valence-corrected chi connectivity index (χ3v) is 2.66. The maximum absolute atomic E-state index is 11.0. The summed E-state index contributed by atoms with van der Waals surface area (Å²) in [4.78, 5) is 11.0. The zero-order valence-electron chi connectivity index (χ0n) is 9.61. The number of nitrogens with one attached hydrogen (secondary N) is 1. The Morgan fingerprint density at radius 1 is 1.53 bits per heavy atom. The van der Waals surface area contributed by atoms with E-state index in [0.717, 1.165) is 6.42 Å². The number of anilines is 1. The summed E-state index contributed by atoms with van der Waals surface area (Å²) < 4.78 is 0. The van der Waals surface area contributed by atoms with Crippen LogP contribution in [0.15, 0.2) is 18.2 Å². The number of halogens is 1. The zero-order valence-corrected chi connectivity index (χ0v) is 10.4. The third-order valence-electron chi connectivity index (χ3n) is 2.34. The summed E-state index contributed by atoms with van der Waals surface area (Å²) in [7, 11) is 0. The van der Waals surface area contributed by atoms with Crippen molar-refractivity contribution in [1.29, 1.82) is 0 Å². The van der Waals surface area contributed by atoms with E-state index in [0.29, 0.717) is 18.7 Å². The Bertz CT molecular complexity index is 393. The Kier molecular flexibility index (Phi) is 5.25. The van der Waals surface area contributed by atoms with Crippen molar-refractivity contribution in [3.8, 4) is 0 Å². The Labute approximate surface area is 105 Å². The highest BCUT2D eigenvalue weighted by Crippen LogP contribution is 2.24. The molecule has 5 heteroatoms. The fourth-order valence-corrected chi connectivity index (χ4v) is 1.76. The molecule has 0 aliphatic heterocycles. The first-order valence-corrected chi connectivity index (χ1v) is 5.84. The zero-order chi connectivity index (χ0) is 12.8. The van der Waals surface area contributed by atoms with E-state index in [1.54, 1.807) is 25.1 Å². The smallest absolute Gasteiger partial charge is 0.339 e. The number of aliphatic hydroxyl groups is 1. The summed E-state index contributed by atoms with van der Waals surface area (Å²) in [6, 6.07) is 4.93. The molecule has 4 nitrogen and oxygen atoms in total. The quantitative estimate of drug-likeness (QED) is 0.685. The number of aliphatic hydroxyl groups excluding tert-OH is 1. The van der Waals surface area contributed by atoms with E-state index in [2.05, 4.69) is 5.32 Å². The first kappa shape index (κ1) is 13.8. The molecule has 0 bridgehead atoms. The first-order chi connectivity index (χ1) is 8.02. The number of carbonyl (C=O) groups is 1. The molecule has 94 valence electrons. The van der Waals surface area contributed by atoms with Gasteiger partial charge in [-0.1, -0.05) is 17.7 Å². The normalized spacial score (nSPS) is 12.2. The Balaban J connectivity index is 2.64. The van der Waals surface area contributed by atoms with Gasteiger partial charge in [0, 0.05) is 6.54 Å². The number of carboxylic acid groups (broad SMARTS) is 1. The largest absolute Gasteiger partial charge is 0.478 e. The lowest BCUT2D eigenvalue weighted by atomic mass is 10.1. The van der Waals surface area contributed by atoms with Crippen molar-refractivity contribution in [1.82, 2.24) is 0 Å². The Hall–Kier alpha value is -1.26. The van der Waals surface area contributed by atoms with Gasteiger partial charge in [0.05, 0.1) is 16.8 Å². The van der Waals surface area contributed by atoms with E-state index >= 15 is 0 Å². The van der Waals surface area contributed by atoms with Crippen LogP contribution in [0.25, 0.3) is 0 Å². The number of benzene rings is 1. The lowest BCUT2D eigenvalue weighted by molar-refractivity contribution is 0.0698. The van der Waals surface area contributed by atoms with Crippen LogP contribution in [0.5, 0.6) is 0 Å². The average Bonchev–Trinajstić information content (AvgIpc) is 2.23. The van der Waals surface area contributed by atoms with Gasteiger partial charge in [0.1, 0.15) is 5.56 Å². The molecule has 0 saturated heterocycles. The van der Waals surface area contributed by atoms with Gasteiger partial charge in [0.2, 0.25) is 0 Å². The van der Waals surface area contributed by atoms with Gasteiger partial charge < -0.3 is 15.5 Å². The second-order valence-corrected chi connectivity index (χ2v) is 4.29. The number of hydrogen-bond acceptors (Lipinski definition) is 3. The second kappa shape index (κ2) is 6.47. The predicted octanol–water partition coefficient (Wildman–Crippen LogP) is 2.61. The van der Waals surface area contributed by atoms with Crippen LogP contribution in [0.1, 0.15) is 30.1 Å². The summed E-state index contributed by atoms with van der Waals surface area (Å²) in [5.41, 5.74) is 0.599. The highest BCUT2D eigenvalue weighted by atomic mass is 35.5. The summed E-state index contributed by atoms with van der Waals surface area (Å²) >= 11 is 5.83. The molecule has 0 amide bonds. The fourth-order valence-electron chi connectivity index (χ4n) is 1.51. The van der Waals surface area contributed by atoms with Crippen molar-refractivity contribution < 1.29 is 15.0 Å². The van der Waals surface area contributed by atoms with Gasteiger partial charge in [-0.25, -0.2) is 4.79 Å². The lowest BCUT2D eigenvalue weighted by Crippen LogP contribution is -2.10. The Morgan fingerprint density at radius 3 is 2.82 bits per heavy atom. The van der Waals surface area contributed by atoms with Crippen LogP contribution in [0.2, 0.25) is 5.02 Å². The van der Waals surface area contributed by atoms with E-state index in [9.17, 15) is 4.79 Å². The molecule has 0 aliphatic rings. The fraction of sp³-hybridized carbons (Fsp3) is 0.417. The van der Waals surface area contributed by atoms with Crippen LogP contribution in [0.4, 0.5) is 5.69 Å². The molecule has 0 fully saturated rings. The van der Waals surface area contributed by atoms with Crippen LogP contribution in [0.3, 0.4) is 0 Å². The third kappa shape index (κ3) is 4.24. The van der Waals surface area contributed by atoms with Crippen molar-refractivity contribution in [2.45, 2.75) is 25.9 Å². The lowest BCUT2D eigenvalue weighted by Gasteiger charge is -2.11. The number of rotatable bonds is 6. The molecule has 0 aromatic heterocycles. The molecule has 0 spiro atoms. The molecular weight excluding hydrogens is 242 g/mol. The molecule has 1 aromatic rings. The number of carboxylic acids is 1. The Morgan fingerprint density at radius 2 is 2.24 bits per heavy atom. The number of aromatic carboxylic acids is 1. The van der Waals surface area contributed by atoms with Gasteiger partial charge in [-0.15, -0.1) is 0 Å². The van der Waals surface area contributed by atoms with Crippen LogP contribution < -0.4 is 5.32 Å².